The van der Waals surface area contributed by atoms with Gasteiger partial charge in [0.05, 0.1) is 6.10 Å². The molecule has 21 heavy (non-hydrogen) atoms. The van der Waals surface area contributed by atoms with Crippen LogP contribution >= 0.6 is 0 Å². The number of carbonyl (C=O) groups excluding carboxylic acids is 1. The van der Waals surface area contributed by atoms with E-state index in [1.54, 1.807) is 0 Å². The lowest BCUT2D eigenvalue weighted by Gasteiger charge is -2.61. The highest BCUT2D eigenvalue weighted by molar-refractivity contribution is 5.87. The lowest BCUT2D eigenvalue weighted by molar-refractivity contribution is -0.163. The predicted octanol–water partition coefficient (Wildman–Crippen LogP) is 3.96. The smallest absolute Gasteiger partial charge is 0.139 e. The molecule has 0 saturated heterocycles. The second-order valence-corrected chi connectivity index (χ2v) is 8.88. The van der Waals surface area contributed by atoms with Gasteiger partial charge in [-0.1, -0.05) is 20.3 Å². The molecule has 2 nitrogen and oxygen atoms in total. The van der Waals surface area contributed by atoms with Crippen LogP contribution in [0.4, 0.5) is 0 Å². The molecule has 0 aromatic heterocycles. The van der Waals surface area contributed by atoms with Crippen molar-refractivity contribution >= 4 is 5.78 Å². The molecule has 0 heterocycles. The van der Waals surface area contributed by atoms with Gasteiger partial charge in [0.2, 0.25) is 0 Å². The molecule has 4 saturated carbocycles. The fourth-order valence-electron chi connectivity index (χ4n) is 7.08. The summed E-state index contributed by atoms with van der Waals surface area (Å²) in [5.74, 6) is 3.22. The molecule has 0 bridgehead atoms. The minimum absolute atomic E-state index is 0.0238. The van der Waals surface area contributed by atoms with Gasteiger partial charge in [-0.05, 0) is 74.0 Å². The van der Waals surface area contributed by atoms with Crippen molar-refractivity contribution in [3.05, 3.63) is 0 Å². The van der Waals surface area contributed by atoms with E-state index >= 15 is 0 Å². The quantitative estimate of drug-likeness (QED) is 0.733. The van der Waals surface area contributed by atoms with Gasteiger partial charge < -0.3 is 5.11 Å². The summed E-state index contributed by atoms with van der Waals surface area (Å²) in [6.07, 6.45) is 10.2. The summed E-state index contributed by atoms with van der Waals surface area (Å²) in [6, 6.07) is 0. The summed E-state index contributed by atoms with van der Waals surface area (Å²) in [6.45, 7) is 4.63. The Labute approximate surface area is 128 Å². The Kier molecular flexibility index (Phi) is 3.10. The Morgan fingerprint density at radius 1 is 1.00 bits per heavy atom. The third-order valence-corrected chi connectivity index (χ3v) is 8.42. The average Bonchev–Trinajstić information content (AvgIpc) is 2.76. The predicted molar refractivity (Wildman–Crippen MR) is 82.7 cm³/mol. The van der Waals surface area contributed by atoms with Crippen molar-refractivity contribution in [3.63, 3.8) is 0 Å². The maximum Gasteiger partial charge on any atom is 0.139 e. The molecule has 0 aromatic rings. The van der Waals surface area contributed by atoms with E-state index in [0.29, 0.717) is 23.5 Å². The van der Waals surface area contributed by atoms with E-state index in [4.69, 9.17) is 0 Å². The van der Waals surface area contributed by atoms with Crippen molar-refractivity contribution in [2.45, 2.75) is 77.7 Å². The number of fused-ring (bicyclic) bond motifs is 5. The largest absolute Gasteiger partial charge is 0.393 e. The van der Waals surface area contributed by atoms with E-state index < -0.39 is 0 Å². The van der Waals surface area contributed by atoms with Gasteiger partial charge in [0, 0.05) is 11.8 Å². The summed E-state index contributed by atoms with van der Waals surface area (Å²) in [7, 11) is 0. The Hall–Kier alpha value is -0.370. The molecule has 0 amide bonds. The first kappa shape index (κ1) is 14.2. The van der Waals surface area contributed by atoms with E-state index in [0.717, 1.165) is 31.6 Å². The number of rotatable bonds is 0. The van der Waals surface area contributed by atoms with Crippen molar-refractivity contribution in [2.24, 2.45) is 34.5 Å². The second kappa shape index (κ2) is 4.57. The van der Waals surface area contributed by atoms with Crippen LogP contribution in [0.25, 0.3) is 0 Å². The highest BCUT2D eigenvalue weighted by Gasteiger charge is 2.61. The number of hydrogen-bond donors (Lipinski definition) is 1. The number of aliphatic hydroxyl groups is 1. The highest BCUT2D eigenvalue weighted by atomic mass is 16.3. The maximum absolute atomic E-state index is 12.4. The number of Topliss-reactive ketones (excluding diaryl/α,β-unsaturated/α-hetero) is 1. The Bertz CT molecular complexity index is 458. The molecule has 0 spiro atoms. The minimum Gasteiger partial charge on any atom is -0.393 e. The molecule has 7 atom stereocenters. The number of carbonyl (C=O) groups is 1. The molecule has 4 rings (SSSR count). The number of hydrogen-bond acceptors (Lipinski definition) is 2. The van der Waals surface area contributed by atoms with Gasteiger partial charge in [0.15, 0.2) is 0 Å². The fraction of sp³-hybridized carbons (Fsp3) is 0.947. The van der Waals surface area contributed by atoms with E-state index in [-0.39, 0.29) is 16.9 Å². The van der Waals surface area contributed by atoms with Gasteiger partial charge in [0.1, 0.15) is 5.78 Å². The van der Waals surface area contributed by atoms with E-state index in [1.165, 1.54) is 32.1 Å². The van der Waals surface area contributed by atoms with Gasteiger partial charge in [0.25, 0.3) is 0 Å². The lowest BCUT2D eigenvalue weighted by atomic mass is 9.44. The van der Waals surface area contributed by atoms with Crippen LogP contribution in [0.15, 0.2) is 0 Å². The number of ketones is 1. The first-order chi connectivity index (χ1) is 9.98. The number of aliphatic hydroxyl groups excluding tert-OH is 1. The molecular formula is C19H30O2. The molecule has 0 radical (unpaired) electrons. The van der Waals surface area contributed by atoms with Gasteiger partial charge in [-0.25, -0.2) is 0 Å². The van der Waals surface area contributed by atoms with Gasteiger partial charge in [-0.3, -0.25) is 4.79 Å². The Balaban J connectivity index is 1.69. The van der Waals surface area contributed by atoms with Crippen LogP contribution < -0.4 is 0 Å². The normalized spacial score (nSPS) is 56.5. The summed E-state index contributed by atoms with van der Waals surface area (Å²) in [5.41, 5.74) is 0.109. The van der Waals surface area contributed by atoms with Crippen molar-refractivity contribution < 1.29 is 9.90 Å². The fourth-order valence-corrected chi connectivity index (χ4v) is 7.08. The summed E-state index contributed by atoms with van der Waals surface area (Å²) >= 11 is 0. The van der Waals surface area contributed by atoms with Crippen LogP contribution in [0.5, 0.6) is 0 Å². The molecule has 0 aromatic carbocycles. The van der Waals surface area contributed by atoms with E-state index in [9.17, 15) is 9.90 Å². The van der Waals surface area contributed by atoms with Crippen LogP contribution in [0, 0.1) is 34.5 Å². The molecule has 1 unspecified atom stereocenters. The van der Waals surface area contributed by atoms with Crippen LogP contribution in [0.1, 0.15) is 71.6 Å². The van der Waals surface area contributed by atoms with Crippen molar-refractivity contribution in [1.29, 1.82) is 0 Å². The lowest BCUT2D eigenvalue weighted by Crippen LogP contribution is -2.57. The third kappa shape index (κ3) is 1.72. The minimum atomic E-state index is -0.106. The van der Waals surface area contributed by atoms with Gasteiger partial charge in [-0.2, -0.15) is 0 Å². The summed E-state index contributed by atoms with van der Waals surface area (Å²) in [4.78, 5) is 12.4. The summed E-state index contributed by atoms with van der Waals surface area (Å²) < 4.78 is 0. The van der Waals surface area contributed by atoms with E-state index in [1.807, 2.05) is 0 Å². The average molecular weight is 290 g/mol. The van der Waals surface area contributed by atoms with Gasteiger partial charge >= 0.3 is 0 Å². The zero-order valence-corrected chi connectivity index (χ0v) is 13.6. The standard InChI is InChI=1S/C19H30O2/c1-18-11-10-15-13(14(18)8-9-16(18)20)7-6-12-4-3-5-17(21)19(12,15)2/h12-15,17,21H,3-11H2,1-2H3/t12-,13-,14-,15-,17?,18-,19-/m0/s1. The first-order valence-electron chi connectivity index (χ1n) is 9.19. The molecule has 118 valence electrons. The van der Waals surface area contributed by atoms with Crippen LogP contribution in [0.2, 0.25) is 0 Å². The van der Waals surface area contributed by atoms with Crippen LogP contribution in [-0.2, 0) is 4.79 Å². The molecular weight excluding hydrogens is 260 g/mol. The molecule has 1 N–H and O–H groups in total. The third-order valence-electron chi connectivity index (χ3n) is 8.42. The highest BCUT2D eigenvalue weighted by Crippen LogP contribution is 2.65. The van der Waals surface area contributed by atoms with Crippen molar-refractivity contribution in [1.82, 2.24) is 0 Å². The Morgan fingerprint density at radius 2 is 1.81 bits per heavy atom. The van der Waals surface area contributed by atoms with Crippen LogP contribution in [-0.4, -0.2) is 17.0 Å². The monoisotopic (exact) mass is 290 g/mol. The van der Waals surface area contributed by atoms with Crippen molar-refractivity contribution in [3.8, 4) is 0 Å². The van der Waals surface area contributed by atoms with E-state index in [2.05, 4.69) is 13.8 Å². The zero-order valence-electron chi connectivity index (χ0n) is 13.6. The van der Waals surface area contributed by atoms with Crippen molar-refractivity contribution in [2.75, 3.05) is 0 Å². The summed E-state index contributed by atoms with van der Waals surface area (Å²) in [5, 5.41) is 10.8. The van der Waals surface area contributed by atoms with Gasteiger partial charge in [-0.15, -0.1) is 0 Å². The SMILES string of the molecule is C[C@]12C(O)CCC[C@H]1CC[C@@H]1[C@@H]2CC[C@]2(C)C(=O)CC[C@@H]12. The zero-order chi connectivity index (χ0) is 14.8. The Morgan fingerprint density at radius 3 is 2.62 bits per heavy atom. The molecule has 4 aliphatic rings. The second-order valence-electron chi connectivity index (χ2n) is 8.88. The van der Waals surface area contributed by atoms with Crippen LogP contribution in [0.3, 0.4) is 0 Å². The molecule has 4 aliphatic carbocycles. The first-order valence-corrected chi connectivity index (χ1v) is 9.19. The maximum atomic E-state index is 12.4. The molecule has 0 aliphatic heterocycles. The molecule has 2 heteroatoms. The molecule has 4 fully saturated rings. The topological polar surface area (TPSA) is 37.3 Å².